The molecule has 3 heterocycles. The number of piperazine rings is 1. The summed E-state index contributed by atoms with van der Waals surface area (Å²) in [6, 6.07) is 6.28. The van der Waals surface area contributed by atoms with Gasteiger partial charge in [0, 0.05) is 38.4 Å². The van der Waals surface area contributed by atoms with Gasteiger partial charge in [0.15, 0.2) is 0 Å². The van der Waals surface area contributed by atoms with Gasteiger partial charge >= 0.3 is 0 Å². The zero-order valence-electron chi connectivity index (χ0n) is 14.2. The van der Waals surface area contributed by atoms with Crippen LogP contribution < -0.4 is 9.64 Å². The Morgan fingerprint density at radius 2 is 1.92 bits per heavy atom. The molecule has 130 valence electrons. The van der Waals surface area contributed by atoms with Crippen molar-refractivity contribution < 1.29 is 4.74 Å². The molecule has 4 rings (SSSR count). The predicted octanol–water partition coefficient (Wildman–Crippen LogP) is 1.05. The van der Waals surface area contributed by atoms with Crippen LogP contribution in [-0.4, -0.2) is 69.5 Å². The molecule has 0 N–H and O–H groups in total. The largest absolute Gasteiger partial charge is 0.480 e. The Morgan fingerprint density at radius 1 is 1.04 bits per heavy atom. The van der Waals surface area contributed by atoms with Crippen molar-refractivity contribution in [3.05, 3.63) is 37.2 Å². The number of benzene rings is 1. The van der Waals surface area contributed by atoms with E-state index in [0.717, 1.165) is 50.2 Å². The van der Waals surface area contributed by atoms with Crippen LogP contribution >= 0.6 is 0 Å². The van der Waals surface area contributed by atoms with Crippen LogP contribution in [0.2, 0.25) is 0 Å². The lowest BCUT2D eigenvalue weighted by Gasteiger charge is -2.36. The summed E-state index contributed by atoms with van der Waals surface area (Å²) in [5.41, 5.74) is 2.10. The number of methoxy groups -OCH3 is 1. The molecule has 0 saturated carbocycles. The maximum Gasteiger partial charge on any atom is 0.224 e. The molecule has 0 radical (unpaired) electrons. The topological polar surface area (TPSA) is 72.2 Å². The molecule has 1 aliphatic heterocycles. The van der Waals surface area contributed by atoms with Crippen molar-refractivity contribution in [1.29, 1.82) is 0 Å². The standard InChI is InChI=1S/C17H21N7O/c1-25-17-15-10-14(2-3-16(15)19-12-20-17)23-7-4-22(5-8-23)6-9-24-13-18-11-21-24/h2-3,10-13H,4-9H2,1H3. The maximum atomic E-state index is 5.36. The van der Waals surface area contributed by atoms with Crippen LogP contribution in [0, 0.1) is 0 Å². The SMILES string of the molecule is COc1ncnc2ccc(N3CCN(CCn4cncn4)CC3)cc12. The summed E-state index contributed by atoms with van der Waals surface area (Å²) in [4.78, 5) is 17.3. The minimum atomic E-state index is 0.623. The van der Waals surface area contributed by atoms with E-state index in [-0.39, 0.29) is 0 Å². The number of hydrogen-bond acceptors (Lipinski definition) is 7. The molecule has 0 unspecified atom stereocenters. The van der Waals surface area contributed by atoms with E-state index in [1.165, 1.54) is 12.0 Å². The third-order valence-electron chi connectivity index (χ3n) is 4.63. The molecular formula is C17H21N7O. The highest BCUT2D eigenvalue weighted by Gasteiger charge is 2.18. The number of rotatable bonds is 5. The molecular weight excluding hydrogens is 318 g/mol. The van der Waals surface area contributed by atoms with Crippen LogP contribution in [-0.2, 0) is 6.54 Å². The fourth-order valence-corrected chi connectivity index (χ4v) is 3.20. The second-order valence-corrected chi connectivity index (χ2v) is 6.07. The first-order chi connectivity index (χ1) is 12.3. The molecule has 0 spiro atoms. The highest BCUT2D eigenvalue weighted by Crippen LogP contribution is 2.27. The molecule has 2 aromatic heterocycles. The van der Waals surface area contributed by atoms with E-state index >= 15 is 0 Å². The first-order valence-corrected chi connectivity index (χ1v) is 8.42. The predicted molar refractivity (Wildman–Crippen MR) is 94.8 cm³/mol. The van der Waals surface area contributed by atoms with E-state index in [2.05, 4.69) is 42.0 Å². The highest BCUT2D eigenvalue weighted by molar-refractivity contribution is 5.86. The Bertz CT molecular complexity index is 828. The Morgan fingerprint density at radius 3 is 2.68 bits per heavy atom. The van der Waals surface area contributed by atoms with Gasteiger partial charge in [-0.05, 0) is 18.2 Å². The van der Waals surface area contributed by atoms with Crippen LogP contribution in [0.3, 0.4) is 0 Å². The number of nitrogens with zero attached hydrogens (tertiary/aromatic N) is 7. The van der Waals surface area contributed by atoms with Crippen molar-refractivity contribution in [2.75, 3.05) is 44.7 Å². The van der Waals surface area contributed by atoms with Crippen LogP contribution in [0.4, 0.5) is 5.69 Å². The average Bonchev–Trinajstić information content (AvgIpc) is 3.19. The normalized spacial score (nSPS) is 15.6. The van der Waals surface area contributed by atoms with Crippen molar-refractivity contribution in [3.8, 4) is 5.88 Å². The molecule has 0 amide bonds. The third-order valence-corrected chi connectivity index (χ3v) is 4.63. The van der Waals surface area contributed by atoms with Gasteiger partial charge in [-0.3, -0.25) is 9.58 Å². The van der Waals surface area contributed by atoms with E-state index in [4.69, 9.17) is 4.74 Å². The summed E-state index contributed by atoms with van der Waals surface area (Å²) in [6.45, 7) is 5.95. The molecule has 3 aromatic rings. The van der Waals surface area contributed by atoms with Gasteiger partial charge in [-0.15, -0.1) is 0 Å². The first kappa shape index (κ1) is 15.8. The molecule has 8 nitrogen and oxygen atoms in total. The van der Waals surface area contributed by atoms with Crippen molar-refractivity contribution in [3.63, 3.8) is 0 Å². The number of ether oxygens (including phenoxy) is 1. The van der Waals surface area contributed by atoms with Crippen molar-refractivity contribution in [1.82, 2.24) is 29.6 Å². The van der Waals surface area contributed by atoms with Gasteiger partial charge < -0.3 is 9.64 Å². The van der Waals surface area contributed by atoms with E-state index in [1.807, 2.05) is 10.7 Å². The number of aromatic nitrogens is 5. The zero-order chi connectivity index (χ0) is 17.1. The van der Waals surface area contributed by atoms with Crippen LogP contribution in [0.1, 0.15) is 0 Å². The van der Waals surface area contributed by atoms with Crippen LogP contribution in [0.5, 0.6) is 5.88 Å². The summed E-state index contributed by atoms with van der Waals surface area (Å²) < 4.78 is 7.24. The van der Waals surface area contributed by atoms with Crippen molar-refractivity contribution in [2.45, 2.75) is 6.54 Å². The van der Waals surface area contributed by atoms with Gasteiger partial charge in [0.2, 0.25) is 5.88 Å². The van der Waals surface area contributed by atoms with Crippen LogP contribution in [0.15, 0.2) is 37.2 Å². The number of anilines is 1. The van der Waals surface area contributed by atoms with Crippen molar-refractivity contribution >= 4 is 16.6 Å². The Balaban J connectivity index is 1.41. The lowest BCUT2D eigenvalue weighted by atomic mass is 10.2. The number of fused-ring (bicyclic) bond motifs is 1. The van der Waals surface area contributed by atoms with Gasteiger partial charge in [-0.1, -0.05) is 0 Å². The van der Waals surface area contributed by atoms with Crippen LogP contribution in [0.25, 0.3) is 10.9 Å². The molecule has 0 atom stereocenters. The van der Waals surface area contributed by atoms with E-state index in [9.17, 15) is 0 Å². The summed E-state index contributed by atoms with van der Waals surface area (Å²) >= 11 is 0. The molecule has 1 aromatic carbocycles. The lowest BCUT2D eigenvalue weighted by molar-refractivity contribution is 0.244. The molecule has 25 heavy (non-hydrogen) atoms. The van der Waals surface area contributed by atoms with Gasteiger partial charge in [0.25, 0.3) is 0 Å². The van der Waals surface area contributed by atoms with Gasteiger partial charge in [0.1, 0.15) is 19.0 Å². The second kappa shape index (κ2) is 7.02. The van der Waals surface area contributed by atoms with E-state index in [0.29, 0.717) is 5.88 Å². The second-order valence-electron chi connectivity index (χ2n) is 6.07. The smallest absolute Gasteiger partial charge is 0.224 e. The molecule has 0 bridgehead atoms. The van der Waals surface area contributed by atoms with Crippen molar-refractivity contribution in [2.24, 2.45) is 0 Å². The quantitative estimate of drug-likeness (QED) is 0.688. The minimum Gasteiger partial charge on any atom is -0.480 e. The summed E-state index contributed by atoms with van der Waals surface area (Å²) in [5, 5.41) is 5.11. The fraction of sp³-hybridized carbons (Fsp3) is 0.412. The Kier molecular flexibility index (Phi) is 4.43. The van der Waals surface area contributed by atoms with Gasteiger partial charge in [0.05, 0.1) is 24.6 Å². The molecule has 0 aliphatic carbocycles. The van der Waals surface area contributed by atoms with Gasteiger partial charge in [-0.2, -0.15) is 5.10 Å². The van der Waals surface area contributed by atoms with Gasteiger partial charge in [-0.25, -0.2) is 15.0 Å². The molecule has 8 heteroatoms. The molecule has 1 saturated heterocycles. The first-order valence-electron chi connectivity index (χ1n) is 8.42. The lowest BCUT2D eigenvalue weighted by Crippen LogP contribution is -2.47. The summed E-state index contributed by atoms with van der Waals surface area (Å²) in [6.07, 6.45) is 4.88. The highest BCUT2D eigenvalue weighted by atomic mass is 16.5. The number of hydrogen-bond donors (Lipinski definition) is 0. The summed E-state index contributed by atoms with van der Waals surface area (Å²) in [5.74, 6) is 0.623. The molecule has 1 fully saturated rings. The maximum absolute atomic E-state index is 5.36. The van der Waals surface area contributed by atoms with E-state index in [1.54, 1.807) is 19.8 Å². The monoisotopic (exact) mass is 339 g/mol. The minimum absolute atomic E-state index is 0.623. The Hall–Kier alpha value is -2.74. The Labute approximate surface area is 146 Å². The zero-order valence-corrected chi connectivity index (χ0v) is 14.2. The fourth-order valence-electron chi connectivity index (χ4n) is 3.20. The third kappa shape index (κ3) is 3.39. The summed E-state index contributed by atoms with van der Waals surface area (Å²) in [7, 11) is 1.64. The van der Waals surface area contributed by atoms with E-state index < -0.39 is 0 Å². The molecule has 1 aliphatic rings. The average molecular weight is 339 g/mol.